The fraction of sp³-hybridized carbons (Fsp3) is 0.611. The molecule has 0 saturated carbocycles. The first-order chi connectivity index (χ1) is 12.2. The molecule has 1 fully saturated rings. The minimum atomic E-state index is 0.192. The van der Waals surface area contributed by atoms with Crippen molar-refractivity contribution in [1.82, 2.24) is 20.5 Å². The highest BCUT2D eigenvalue weighted by Crippen LogP contribution is 2.12. The van der Waals surface area contributed by atoms with Gasteiger partial charge in [-0.2, -0.15) is 0 Å². The summed E-state index contributed by atoms with van der Waals surface area (Å²) in [6.45, 7) is 6.82. The van der Waals surface area contributed by atoms with E-state index in [0.717, 1.165) is 57.3 Å². The average Bonchev–Trinajstić information content (AvgIpc) is 2.67. The number of anilines is 1. The second-order valence-electron chi connectivity index (χ2n) is 6.09. The highest BCUT2D eigenvalue weighted by atomic mass is 16.2. The standard InChI is InChI=1S/C18H30N6O/c1-3-4-9-21-18(19-2)22-11-8-17(25)24-14-12-23(13-15-24)16-7-5-6-10-20-16/h5-7,10H,3-4,8-9,11-15H2,1-2H3,(H2,19,21,22). The molecule has 0 radical (unpaired) electrons. The van der Waals surface area contributed by atoms with Gasteiger partial charge in [-0.05, 0) is 18.6 Å². The van der Waals surface area contributed by atoms with Crippen LogP contribution in [0, 0.1) is 0 Å². The van der Waals surface area contributed by atoms with E-state index in [4.69, 9.17) is 0 Å². The molecule has 2 heterocycles. The van der Waals surface area contributed by atoms with Gasteiger partial charge in [0.05, 0.1) is 0 Å². The van der Waals surface area contributed by atoms with E-state index in [1.54, 1.807) is 13.2 Å². The van der Waals surface area contributed by atoms with Crippen LogP contribution in [0.5, 0.6) is 0 Å². The fourth-order valence-corrected chi connectivity index (χ4v) is 2.78. The number of carbonyl (C=O) groups excluding carboxylic acids is 1. The Bertz CT molecular complexity index is 540. The summed E-state index contributed by atoms with van der Waals surface area (Å²) in [6.07, 6.45) is 4.55. The van der Waals surface area contributed by atoms with Crippen LogP contribution in [0.3, 0.4) is 0 Å². The number of aromatic nitrogens is 1. The monoisotopic (exact) mass is 346 g/mol. The van der Waals surface area contributed by atoms with Crippen LogP contribution in [0.1, 0.15) is 26.2 Å². The maximum absolute atomic E-state index is 12.4. The minimum absolute atomic E-state index is 0.192. The van der Waals surface area contributed by atoms with Crippen molar-refractivity contribution in [1.29, 1.82) is 0 Å². The fourth-order valence-electron chi connectivity index (χ4n) is 2.78. The van der Waals surface area contributed by atoms with Crippen LogP contribution >= 0.6 is 0 Å². The third kappa shape index (κ3) is 6.25. The number of pyridine rings is 1. The Kier molecular flexibility index (Phi) is 8.01. The van der Waals surface area contributed by atoms with Crippen LogP contribution in [0.25, 0.3) is 0 Å². The number of amides is 1. The molecule has 0 bridgehead atoms. The van der Waals surface area contributed by atoms with E-state index < -0.39 is 0 Å². The van der Waals surface area contributed by atoms with Crippen molar-refractivity contribution in [2.75, 3.05) is 51.2 Å². The highest BCUT2D eigenvalue weighted by Gasteiger charge is 2.21. The molecule has 2 N–H and O–H groups in total. The van der Waals surface area contributed by atoms with Gasteiger partial charge in [-0.1, -0.05) is 19.4 Å². The molecule has 7 heteroatoms. The first-order valence-electron chi connectivity index (χ1n) is 9.13. The summed E-state index contributed by atoms with van der Waals surface area (Å²) in [7, 11) is 1.75. The summed E-state index contributed by atoms with van der Waals surface area (Å²) in [5.74, 6) is 1.94. The predicted octanol–water partition coefficient (Wildman–Crippen LogP) is 1.09. The minimum Gasteiger partial charge on any atom is -0.356 e. The first kappa shape index (κ1) is 19.0. The third-order valence-corrected chi connectivity index (χ3v) is 4.28. The number of guanidine groups is 1. The molecule has 2 rings (SSSR count). The first-order valence-corrected chi connectivity index (χ1v) is 9.13. The number of hydrogen-bond acceptors (Lipinski definition) is 4. The van der Waals surface area contributed by atoms with Crippen LogP contribution in [0.15, 0.2) is 29.4 Å². The number of rotatable bonds is 7. The van der Waals surface area contributed by atoms with Crippen molar-refractivity contribution in [3.63, 3.8) is 0 Å². The third-order valence-electron chi connectivity index (χ3n) is 4.28. The summed E-state index contributed by atoms with van der Waals surface area (Å²) < 4.78 is 0. The molecule has 1 aromatic heterocycles. The second-order valence-corrected chi connectivity index (χ2v) is 6.09. The van der Waals surface area contributed by atoms with Crippen LogP contribution in [-0.4, -0.2) is 68.1 Å². The molecule has 7 nitrogen and oxygen atoms in total. The summed E-state index contributed by atoms with van der Waals surface area (Å²) in [5, 5.41) is 6.45. The number of nitrogens with zero attached hydrogens (tertiary/aromatic N) is 4. The van der Waals surface area contributed by atoms with Gasteiger partial charge in [-0.15, -0.1) is 0 Å². The molecule has 0 spiro atoms. The van der Waals surface area contributed by atoms with Gasteiger partial charge >= 0.3 is 0 Å². The Morgan fingerprint density at radius 3 is 2.60 bits per heavy atom. The molecule has 1 aliphatic rings. The Labute approximate surface area is 150 Å². The predicted molar refractivity (Wildman–Crippen MR) is 102 cm³/mol. The van der Waals surface area contributed by atoms with E-state index in [0.29, 0.717) is 13.0 Å². The van der Waals surface area contributed by atoms with Crippen LogP contribution < -0.4 is 15.5 Å². The molecule has 1 saturated heterocycles. The quantitative estimate of drug-likeness (QED) is 0.439. The second kappa shape index (κ2) is 10.5. The SMILES string of the molecule is CCCCNC(=NC)NCCC(=O)N1CCN(c2ccccn2)CC1. The smallest absolute Gasteiger partial charge is 0.224 e. The van der Waals surface area contributed by atoms with Gasteiger partial charge in [0.15, 0.2) is 5.96 Å². The zero-order valence-corrected chi connectivity index (χ0v) is 15.4. The Morgan fingerprint density at radius 2 is 1.96 bits per heavy atom. The molecule has 0 aliphatic carbocycles. The maximum atomic E-state index is 12.4. The van der Waals surface area contributed by atoms with E-state index >= 15 is 0 Å². The van der Waals surface area contributed by atoms with Gasteiger partial charge in [0.2, 0.25) is 5.91 Å². The van der Waals surface area contributed by atoms with E-state index in [-0.39, 0.29) is 5.91 Å². The van der Waals surface area contributed by atoms with Gasteiger partial charge in [0.25, 0.3) is 0 Å². The zero-order valence-electron chi connectivity index (χ0n) is 15.4. The Hall–Kier alpha value is -2.31. The number of carbonyl (C=O) groups is 1. The van der Waals surface area contributed by atoms with Gasteiger partial charge in [-0.3, -0.25) is 9.79 Å². The van der Waals surface area contributed by atoms with Crippen molar-refractivity contribution in [2.24, 2.45) is 4.99 Å². The Morgan fingerprint density at radius 1 is 1.20 bits per heavy atom. The van der Waals surface area contributed by atoms with E-state index in [1.165, 1.54) is 0 Å². The lowest BCUT2D eigenvalue weighted by molar-refractivity contribution is -0.131. The Balaban J connectivity index is 1.67. The summed E-state index contributed by atoms with van der Waals surface area (Å²) in [6, 6.07) is 5.92. The van der Waals surface area contributed by atoms with Crippen LogP contribution in [-0.2, 0) is 4.79 Å². The number of unbranched alkanes of at least 4 members (excludes halogenated alkanes) is 1. The molecule has 0 atom stereocenters. The van der Waals surface area contributed by atoms with Gasteiger partial charge in [0, 0.05) is 58.9 Å². The van der Waals surface area contributed by atoms with E-state index in [9.17, 15) is 4.79 Å². The summed E-state index contributed by atoms with van der Waals surface area (Å²) in [5.41, 5.74) is 0. The van der Waals surface area contributed by atoms with Gasteiger partial charge in [0.1, 0.15) is 5.82 Å². The van der Waals surface area contributed by atoms with Crippen molar-refractivity contribution >= 4 is 17.7 Å². The summed E-state index contributed by atoms with van der Waals surface area (Å²) in [4.78, 5) is 25.1. The molecule has 0 unspecified atom stereocenters. The molecule has 0 aromatic carbocycles. The van der Waals surface area contributed by atoms with Crippen LogP contribution in [0.2, 0.25) is 0 Å². The molecular weight excluding hydrogens is 316 g/mol. The molecule has 138 valence electrons. The van der Waals surface area contributed by atoms with Gasteiger partial charge < -0.3 is 20.4 Å². The van der Waals surface area contributed by atoms with E-state index in [1.807, 2.05) is 23.1 Å². The molecule has 1 aliphatic heterocycles. The number of piperazine rings is 1. The largest absolute Gasteiger partial charge is 0.356 e. The number of aliphatic imine (C=N–C) groups is 1. The topological polar surface area (TPSA) is 72.9 Å². The molecule has 1 aromatic rings. The lowest BCUT2D eigenvalue weighted by atomic mass is 10.2. The van der Waals surface area contributed by atoms with Crippen molar-refractivity contribution < 1.29 is 4.79 Å². The molecule has 25 heavy (non-hydrogen) atoms. The molecule has 1 amide bonds. The van der Waals surface area contributed by atoms with Crippen molar-refractivity contribution in [3.8, 4) is 0 Å². The molecular formula is C18H30N6O. The number of nitrogens with one attached hydrogen (secondary N) is 2. The lowest BCUT2D eigenvalue weighted by Crippen LogP contribution is -2.49. The average molecular weight is 346 g/mol. The zero-order chi connectivity index (χ0) is 17.9. The number of hydrogen-bond donors (Lipinski definition) is 2. The van der Waals surface area contributed by atoms with Crippen molar-refractivity contribution in [2.45, 2.75) is 26.2 Å². The summed E-state index contributed by atoms with van der Waals surface area (Å²) >= 11 is 0. The van der Waals surface area contributed by atoms with Gasteiger partial charge in [-0.25, -0.2) is 4.98 Å². The van der Waals surface area contributed by atoms with Crippen LogP contribution in [0.4, 0.5) is 5.82 Å². The normalized spacial score (nSPS) is 15.2. The maximum Gasteiger partial charge on any atom is 0.224 e. The van der Waals surface area contributed by atoms with Crippen molar-refractivity contribution in [3.05, 3.63) is 24.4 Å². The van der Waals surface area contributed by atoms with E-state index in [2.05, 4.69) is 32.4 Å². The lowest BCUT2D eigenvalue weighted by Gasteiger charge is -2.35. The highest BCUT2D eigenvalue weighted by molar-refractivity contribution is 5.81.